The summed E-state index contributed by atoms with van der Waals surface area (Å²) in [5, 5.41) is 14.5. The van der Waals surface area contributed by atoms with Gasteiger partial charge in [-0.3, -0.25) is 0 Å². The second kappa shape index (κ2) is 7.41. The first-order chi connectivity index (χ1) is 16.1. The molecule has 1 N–H and O–H groups in total. The van der Waals surface area contributed by atoms with Crippen molar-refractivity contribution in [3.05, 3.63) is 83.7 Å². The van der Waals surface area contributed by atoms with Crippen LogP contribution in [0.1, 0.15) is 30.0 Å². The van der Waals surface area contributed by atoms with Gasteiger partial charge in [0.25, 0.3) is 0 Å². The van der Waals surface area contributed by atoms with E-state index in [0.717, 1.165) is 41.1 Å². The minimum atomic E-state index is -0.446. The van der Waals surface area contributed by atoms with E-state index in [2.05, 4.69) is 16.2 Å². The zero-order valence-corrected chi connectivity index (χ0v) is 17.5. The molecular weight excluding hydrogens is 422 g/mol. The molecule has 0 saturated carbocycles. The molecule has 6 nitrogen and oxygen atoms in total. The van der Waals surface area contributed by atoms with E-state index < -0.39 is 11.6 Å². The van der Waals surface area contributed by atoms with Gasteiger partial charge in [0.2, 0.25) is 0 Å². The average molecular weight is 440 g/mol. The molecule has 1 aliphatic rings. The number of nitrogens with zero attached hydrogens (tertiary/aromatic N) is 5. The fourth-order valence-electron chi connectivity index (χ4n) is 4.69. The van der Waals surface area contributed by atoms with Crippen molar-refractivity contribution < 1.29 is 8.78 Å². The summed E-state index contributed by atoms with van der Waals surface area (Å²) in [5.41, 5.74) is 4.18. The normalized spacial score (nSPS) is 16.0. The minimum absolute atomic E-state index is 0.278. The molecule has 4 heterocycles. The Morgan fingerprint density at radius 2 is 2.00 bits per heavy atom. The smallest absolute Gasteiger partial charge is 0.166 e. The van der Waals surface area contributed by atoms with Crippen molar-refractivity contribution in [1.82, 2.24) is 19.6 Å². The van der Waals surface area contributed by atoms with Gasteiger partial charge in [-0.25, -0.2) is 18.3 Å². The molecule has 0 bridgehead atoms. The van der Waals surface area contributed by atoms with E-state index in [9.17, 15) is 8.78 Å². The van der Waals surface area contributed by atoms with Crippen molar-refractivity contribution in [2.45, 2.75) is 18.9 Å². The average Bonchev–Trinajstić information content (AvgIpc) is 3.57. The van der Waals surface area contributed by atoms with E-state index in [1.165, 1.54) is 12.1 Å². The zero-order chi connectivity index (χ0) is 22.5. The molecular formula is C25H18F2N6. The molecule has 162 valence electrons. The standard InChI is InChI=1S/C25H18F2N6/c26-17-4-5-20(27)18(12-17)23-2-1-8-32(23)24-7-9-33-25(31-24)19(14-29-33)22-11-16-10-15(13-28)3-6-21(16)30-22/h3-7,9-12,14,23,30H,1-2,8H2/t23-/m1/s1. The number of hydrogen-bond acceptors (Lipinski definition) is 4. The van der Waals surface area contributed by atoms with Crippen molar-refractivity contribution >= 4 is 22.4 Å². The maximum absolute atomic E-state index is 14.5. The highest BCUT2D eigenvalue weighted by Crippen LogP contribution is 2.37. The predicted octanol–water partition coefficient (Wildman–Crippen LogP) is 5.37. The number of aromatic nitrogens is 4. The van der Waals surface area contributed by atoms with Crippen LogP contribution in [0.15, 0.2) is 60.9 Å². The van der Waals surface area contributed by atoms with Crippen molar-refractivity contribution in [2.24, 2.45) is 0 Å². The quantitative estimate of drug-likeness (QED) is 0.409. The number of aromatic amines is 1. The van der Waals surface area contributed by atoms with Gasteiger partial charge in [0.15, 0.2) is 5.65 Å². The lowest BCUT2D eigenvalue weighted by molar-refractivity contribution is 0.560. The second-order valence-electron chi connectivity index (χ2n) is 8.23. The molecule has 1 saturated heterocycles. The van der Waals surface area contributed by atoms with Crippen LogP contribution in [-0.4, -0.2) is 26.1 Å². The molecule has 5 aromatic rings. The minimum Gasteiger partial charge on any atom is -0.354 e. The Hall–Kier alpha value is -4.25. The molecule has 1 atom stereocenters. The summed E-state index contributed by atoms with van der Waals surface area (Å²) in [6.45, 7) is 0.705. The summed E-state index contributed by atoms with van der Waals surface area (Å²) in [7, 11) is 0. The predicted molar refractivity (Wildman–Crippen MR) is 121 cm³/mol. The van der Waals surface area contributed by atoms with Gasteiger partial charge in [0.05, 0.1) is 35.1 Å². The van der Waals surface area contributed by atoms with E-state index in [1.54, 1.807) is 16.8 Å². The number of hydrogen-bond donors (Lipinski definition) is 1. The molecule has 0 aliphatic carbocycles. The third kappa shape index (κ3) is 3.21. The summed E-state index contributed by atoms with van der Waals surface area (Å²) in [5.74, 6) is -0.161. The molecule has 6 rings (SSSR count). The maximum atomic E-state index is 14.5. The number of fused-ring (bicyclic) bond motifs is 2. The molecule has 33 heavy (non-hydrogen) atoms. The third-order valence-corrected chi connectivity index (χ3v) is 6.26. The van der Waals surface area contributed by atoms with Crippen molar-refractivity contribution in [3.63, 3.8) is 0 Å². The molecule has 0 radical (unpaired) electrons. The van der Waals surface area contributed by atoms with E-state index in [1.807, 2.05) is 35.4 Å². The van der Waals surface area contributed by atoms with E-state index in [-0.39, 0.29) is 6.04 Å². The van der Waals surface area contributed by atoms with Crippen molar-refractivity contribution in [3.8, 4) is 17.3 Å². The Morgan fingerprint density at radius 3 is 2.88 bits per heavy atom. The van der Waals surface area contributed by atoms with Crippen LogP contribution in [0.3, 0.4) is 0 Å². The van der Waals surface area contributed by atoms with Crippen LogP contribution in [0.4, 0.5) is 14.6 Å². The van der Waals surface area contributed by atoms with Crippen LogP contribution in [0, 0.1) is 23.0 Å². The number of anilines is 1. The van der Waals surface area contributed by atoms with E-state index in [0.29, 0.717) is 29.1 Å². The monoisotopic (exact) mass is 440 g/mol. The van der Waals surface area contributed by atoms with Gasteiger partial charge in [-0.15, -0.1) is 0 Å². The van der Waals surface area contributed by atoms with Gasteiger partial charge in [0, 0.05) is 29.2 Å². The zero-order valence-electron chi connectivity index (χ0n) is 17.5. The molecule has 0 spiro atoms. The Morgan fingerprint density at radius 1 is 1.09 bits per heavy atom. The largest absolute Gasteiger partial charge is 0.354 e. The number of halogens is 2. The lowest BCUT2D eigenvalue weighted by Crippen LogP contribution is -2.24. The molecule has 2 aromatic carbocycles. The first kappa shape index (κ1) is 19.4. The number of H-pyrrole nitrogens is 1. The fourth-order valence-corrected chi connectivity index (χ4v) is 4.69. The van der Waals surface area contributed by atoms with Crippen LogP contribution in [0.5, 0.6) is 0 Å². The Labute approximate surface area is 187 Å². The van der Waals surface area contributed by atoms with Crippen LogP contribution in [-0.2, 0) is 0 Å². The van der Waals surface area contributed by atoms with Crippen LogP contribution >= 0.6 is 0 Å². The topological polar surface area (TPSA) is 73.0 Å². The van der Waals surface area contributed by atoms with Gasteiger partial charge < -0.3 is 9.88 Å². The molecule has 1 fully saturated rings. The molecule has 8 heteroatoms. The van der Waals surface area contributed by atoms with Crippen LogP contribution in [0.25, 0.3) is 27.8 Å². The summed E-state index contributed by atoms with van der Waals surface area (Å²) in [6.07, 6.45) is 5.16. The van der Waals surface area contributed by atoms with Gasteiger partial charge in [-0.05, 0) is 61.4 Å². The number of nitriles is 1. The molecule has 3 aromatic heterocycles. The molecule has 0 unspecified atom stereocenters. The first-order valence-electron chi connectivity index (χ1n) is 10.7. The van der Waals surface area contributed by atoms with Gasteiger partial charge in [-0.2, -0.15) is 10.4 Å². The highest BCUT2D eigenvalue weighted by molar-refractivity contribution is 5.89. The van der Waals surface area contributed by atoms with Gasteiger partial charge in [-0.1, -0.05) is 0 Å². The third-order valence-electron chi connectivity index (χ3n) is 6.26. The Bertz CT molecular complexity index is 1560. The first-order valence-corrected chi connectivity index (χ1v) is 10.7. The van der Waals surface area contributed by atoms with Crippen molar-refractivity contribution in [1.29, 1.82) is 5.26 Å². The van der Waals surface area contributed by atoms with E-state index >= 15 is 0 Å². The molecule has 1 aliphatic heterocycles. The summed E-state index contributed by atoms with van der Waals surface area (Å²) in [4.78, 5) is 10.3. The van der Waals surface area contributed by atoms with Gasteiger partial charge >= 0.3 is 0 Å². The fraction of sp³-hybridized carbons (Fsp3) is 0.160. The lowest BCUT2D eigenvalue weighted by Gasteiger charge is -2.26. The maximum Gasteiger partial charge on any atom is 0.166 e. The summed E-state index contributed by atoms with van der Waals surface area (Å²) in [6, 6.07) is 14.8. The summed E-state index contributed by atoms with van der Waals surface area (Å²) >= 11 is 0. The Kier molecular flexibility index (Phi) is 4.37. The van der Waals surface area contributed by atoms with Crippen molar-refractivity contribution in [2.75, 3.05) is 11.4 Å². The Balaban J connectivity index is 1.42. The summed E-state index contributed by atoms with van der Waals surface area (Å²) < 4.78 is 30.0. The number of rotatable bonds is 3. The number of nitrogens with one attached hydrogen (secondary N) is 1. The SMILES string of the molecule is N#Cc1ccc2[nH]c(-c3cnn4ccc(N5CCC[C@@H]5c5cc(F)ccc5F)nc34)cc2c1. The van der Waals surface area contributed by atoms with Gasteiger partial charge in [0.1, 0.15) is 17.5 Å². The van der Waals surface area contributed by atoms with Crippen LogP contribution < -0.4 is 4.90 Å². The second-order valence-corrected chi connectivity index (χ2v) is 8.23. The van der Waals surface area contributed by atoms with Crippen LogP contribution in [0.2, 0.25) is 0 Å². The lowest BCUT2D eigenvalue weighted by atomic mass is 10.0. The highest BCUT2D eigenvalue weighted by Gasteiger charge is 2.30. The highest BCUT2D eigenvalue weighted by atomic mass is 19.1. The number of benzene rings is 2. The molecule has 0 amide bonds. The van der Waals surface area contributed by atoms with E-state index in [4.69, 9.17) is 10.2 Å².